The number of hydrogen-bond donors (Lipinski definition) is 2. The standard InChI is InChI=1S/2C2H4O2.C2H6O2.Ni/c2*1-2(3)4;3-1-2-4;/h2*1H3,(H,3,4);3-4H,1-2H2;/q;;;+2/p-2. The van der Waals surface area contributed by atoms with Crippen LogP contribution in [0.3, 0.4) is 0 Å². The summed E-state index contributed by atoms with van der Waals surface area (Å²) >= 11 is 0. The van der Waals surface area contributed by atoms with E-state index in [0.717, 1.165) is 13.8 Å². The monoisotopic (exact) mass is 238 g/mol. The third-order valence-electron chi connectivity index (χ3n) is 0.1000. The van der Waals surface area contributed by atoms with Gasteiger partial charge in [0, 0.05) is 11.9 Å². The summed E-state index contributed by atoms with van der Waals surface area (Å²) in [7, 11) is 0. The third-order valence-corrected chi connectivity index (χ3v) is 0.1000. The Kier molecular flexibility index (Phi) is 39.5. The van der Waals surface area contributed by atoms with Crippen molar-refractivity contribution >= 4 is 11.9 Å². The summed E-state index contributed by atoms with van der Waals surface area (Å²) in [6, 6.07) is 0. The van der Waals surface area contributed by atoms with Crippen LogP contribution in [0.15, 0.2) is 0 Å². The molecule has 7 heteroatoms. The molecule has 0 amide bonds. The molecule has 0 aliphatic carbocycles. The van der Waals surface area contributed by atoms with Gasteiger partial charge in [0.2, 0.25) is 0 Å². The van der Waals surface area contributed by atoms with Crippen molar-refractivity contribution in [3.8, 4) is 0 Å². The molecule has 0 spiro atoms. The quantitative estimate of drug-likeness (QED) is 0.457. The van der Waals surface area contributed by atoms with Gasteiger partial charge in [-0.3, -0.25) is 0 Å². The van der Waals surface area contributed by atoms with Crippen LogP contribution in [0.25, 0.3) is 0 Å². The molecule has 0 aliphatic rings. The van der Waals surface area contributed by atoms with Crippen LogP contribution in [-0.2, 0) is 26.1 Å². The molecule has 6 nitrogen and oxygen atoms in total. The second-order valence-electron chi connectivity index (χ2n) is 1.43. The molecule has 82 valence electrons. The van der Waals surface area contributed by atoms with Crippen molar-refractivity contribution in [2.24, 2.45) is 0 Å². The Hall–Kier alpha value is -0.646. The molecule has 0 aromatic carbocycles. The van der Waals surface area contributed by atoms with Crippen LogP contribution < -0.4 is 10.2 Å². The van der Waals surface area contributed by atoms with E-state index in [2.05, 4.69) is 0 Å². The Morgan fingerprint density at radius 2 is 1.08 bits per heavy atom. The van der Waals surface area contributed by atoms with Crippen LogP contribution in [0.4, 0.5) is 0 Å². The van der Waals surface area contributed by atoms with Crippen LogP contribution in [0, 0.1) is 0 Å². The Morgan fingerprint density at radius 3 is 1.08 bits per heavy atom. The van der Waals surface area contributed by atoms with Crippen molar-refractivity contribution in [2.45, 2.75) is 13.8 Å². The fraction of sp³-hybridized carbons (Fsp3) is 0.667. The van der Waals surface area contributed by atoms with E-state index in [1.165, 1.54) is 0 Å². The van der Waals surface area contributed by atoms with Crippen molar-refractivity contribution in [3.63, 3.8) is 0 Å². The van der Waals surface area contributed by atoms with E-state index in [1.807, 2.05) is 0 Å². The molecule has 0 aromatic rings. The predicted octanol–water partition coefficient (Wildman–Crippen LogP) is -3.52. The molecule has 0 radical (unpaired) electrons. The van der Waals surface area contributed by atoms with Gasteiger partial charge >= 0.3 is 16.5 Å². The Balaban J connectivity index is -0.0000000450. The number of carboxylic acid groups (broad SMARTS) is 2. The summed E-state index contributed by atoms with van der Waals surface area (Å²) in [5, 5.41) is 33.0. The number of carboxylic acids is 2. The van der Waals surface area contributed by atoms with Gasteiger partial charge in [-0.05, 0) is 13.8 Å². The van der Waals surface area contributed by atoms with Gasteiger partial charge < -0.3 is 30.0 Å². The maximum Gasteiger partial charge on any atom is 2.00 e. The number of aliphatic carboxylic acids is 2. The average Bonchev–Trinajstić information content (AvgIpc) is 1.85. The van der Waals surface area contributed by atoms with E-state index in [0.29, 0.717) is 0 Å². The number of carbonyl (C=O) groups is 2. The Bertz CT molecular complexity index is 93.7. The predicted molar refractivity (Wildman–Crippen MR) is 35.5 cm³/mol. The molecule has 0 heterocycles. The van der Waals surface area contributed by atoms with Gasteiger partial charge in [0.05, 0.1) is 13.2 Å². The van der Waals surface area contributed by atoms with Crippen LogP contribution in [-0.4, -0.2) is 35.4 Å². The second kappa shape index (κ2) is 22.5. The molecule has 0 unspecified atom stereocenters. The molecule has 0 rings (SSSR count). The van der Waals surface area contributed by atoms with Crippen molar-refractivity contribution in [2.75, 3.05) is 13.2 Å². The molecule has 0 atom stereocenters. The Labute approximate surface area is 86.1 Å². The van der Waals surface area contributed by atoms with Gasteiger partial charge in [-0.1, -0.05) is 0 Å². The first-order valence-corrected chi connectivity index (χ1v) is 2.95. The minimum atomic E-state index is -1.08. The van der Waals surface area contributed by atoms with Gasteiger partial charge in [-0.2, -0.15) is 0 Å². The molecule has 0 aliphatic heterocycles. The average molecular weight is 239 g/mol. The van der Waals surface area contributed by atoms with Crippen LogP contribution >= 0.6 is 0 Å². The van der Waals surface area contributed by atoms with Gasteiger partial charge in [0.25, 0.3) is 0 Å². The van der Waals surface area contributed by atoms with Crippen molar-refractivity contribution in [1.29, 1.82) is 0 Å². The van der Waals surface area contributed by atoms with E-state index < -0.39 is 11.9 Å². The van der Waals surface area contributed by atoms with E-state index in [1.54, 1.807) is 0 Å². The molecule has 0 aromatic heterocycles. The minimum Gasteiger partial charge on any atom is -0.550 e. The third kappa shape index (κ3) is 7950. The van der Waals surface area contributed by atoms with E-state index >= 15 is 0 Å². The molecular weight excluding hydrogens is 227 g/mol. The maximum absolute atomic E-state index is 8.89. The summed E-state index contributed by atoms with van der Waals surface area (Å²) < 4.78 is 0. The molecule has 0 fully saturated rings. The van der Waals surface area contributed by atoms with Gasteiger partial charge in [-0.15, -0.1) is 0 Å². The largest absolute Gasteiger partial charge is 2.00 e. The zero-order chi connectivity index (χ0) is 10.6. The number of carbonyl (C=O) groups excluding carboxylic acids is 2. The van der Waals surface area contributed by atoms with E-state index in [4.69, 9.17) is 30.0 Å². The first kappa shape index (κ1) is 22.8. The number of hydrogen-bond acceptors (Lipinski definition) is 6. The number of aliphatic hydroxyl groups excluding tert-OH is 2. The Morgan fingerprint density at radius 1 is 1.00 bits per heavy atom. The summed E-state index contributed by atoms with van der Waals surface area (Å²) in [5.41, 5.74) is 0. The van der Waals surface area contributed by atoms with E-state index in [9.17, 15) is 0 Å². The number of rotatable bonds is 1. The SMILES string of the molecule is CC(=O)[O-].CC(=O)[O-].OCCO.[Ni+2]. The molecule has 13 heavy (non-hydrogen) atoms. The first-order chi connectivity index (χ1) is 5.38. The minimum absolute atomic E-state index is 0. The van der Waals surface area contributed by atoms with E-state index in [-0.39, 0.29) is 29.7 Å². The topological polar surface area (TPSA) is 121 Å². The molecule has 0 saturated carbocycles. The summed E-state index contributed by atoms with van der Waals surface area (Å²) in [4.78, 5) is 17.8. The van der Waals surface area contributed by atoms with Crippen LogP contribution in [0.2, 0.25) is 0 Å². The first-order valence-electron chi connectivity index (χ1n) is 2.95. The zero-order valence-electron chi connectivity index (χ0n) is 7.26. The molecule has 0 saturated heterocycles. The van der Waals surface area contributed by atoms with Crippen molar-refractivity contribution in [1.82, 2.24) is 0 Å². The summed E-state index contributed by atoms with van der Waals surface area (Å²) in [6.07, 6.45) is 0. The molecular formula is C6H12NiO6. The second-order valence-corrected chi connectivity index (χ2v) is 1.43. The maximum atomic E-state index is 8.89. The van der Waals surface area contributed by atoms with Gasteiger partial charge in [0.15, 0.2) is 0 Å². The van der Waals surface area contributed by atoms with Crippen LogP contribution in [0.5, 0.6) is 0 Å². The number of aliphatic hydroxyl groups is 2. The fourth-order valence-electron chi connectivity index (χ4n) is 0. The smallest absolute Gasteiger partial charge is 0.550 e. The van der Waals surface area contributed by atoms with Crippen molar-refractivity contribution in [3.05, 3.63) is 0 Å². The van der Waals surface area contributed by atoms with Crippen LogP contribution in [0.1, 0.15) is 13.8 Å². The summed E-state index contributed by atoms with van der Waals surface area (Å²) in [6.45, 7) is 1.69. The van der Waals surface area contributed by atoms with Crippen molar-refractivity contribution < 1.29 is 46.5 Å². The normalized spacial score (nSPS) is 6.15. The zero-order valence-corrected chi connectivity index (χ0v) is 8.25. The molecule has 2 N–H and O–H groups in total. The fourth-order valence-corrected chi connectivity index (χ4v) is 0. The molecule has 0 bridgehead atoms. The van der Waals surface area contributed by atoms with Gasteiger partial charge in [0.1, 0.15) is 0 Å². The van der Waals surface area contributed by atoms with Gasteiger partial charge in [-0.25, -0.2) is 0 Å². The summed E-state index contributed by atoms with van der Waals surface area (Å²) in [5.74, 6) is -2.17.